The number of hydrogen-bond donors (Lipinski definition) is 2. The molecule has 112 valence electrons. The zero-order valence-electron chi connectivity index (χ0n) is 11.2. The number of carboxylic acid groups (broad SMARTS) is 1. The maximum Gasteiger partial charge on any atom is 0.303 e. The van der Waals surface area contributed by atoms with Gasteiger partial charge in [0.1, 0.15) is 0 Å². The first-order valence-electron chi connectivity index (χ1n) is 6.31. The lowest BCUT2D eigenvalue weighted by atomic mass is 10.1. The van der Waals surface area contributed by atoms with Crippen molar-refractivity contribution in [2.45, 2.75) is 32.2 Å². The highest BCUT2D eigenvalue weighted by Gasteiger charge is 2.18. The molecule has 0 aliphatic rings. The summed E-state index contributed by atoms with van der Waals surface area (Å²) < 4.78 is 26.4. The molecule has 0 bridgehead atoms. The Labute approximate surface area is 124 Å². The van der Waals surface area contributed by atoms with E-state index in [0.717, 1.165) is 5.56 Å². The van der Waals surface area contributed by atoms with Gasteiger partial charge in [0, 0.05) is 17.5 Å². The van der Waals surface area contributed by atoms with Crippen molar-refractivity contribution in [2.75, 3.05) is 5.75 Å². The molecule has 0 amide bonds. The second-order valence-corrected chi connectivity index (χ2v) is 6.76. The van der Waals surface area contributed by atoms with E-state index in [1.54, 1.807) is 24.3 Å². The van der Waals surface area contributed by atoms with E-state index in [1.165, 1.54) is 0 Å². The molecule has 1 aromatic carbocycles. The van der Waals surface area contributed by atoms with E-state index in [2.05, 4.69) is 4.72 Å². The molecule has 7 heteroatoms. The molecule has 0 aliphatic carbocycles. The Morgan fingerprint density at radius 1 is 1.45 bits per heavy atom. The van der Waals surface area contributed by atoms with Crippen LogP contribution in [0.2, 0.25) is 5.02 Å². The molecule has 20 heavy (non-hydrogen) atoms. The van der Waals surface area contributed by atoms with Crippen LogP contribution in [0.1, 0.15) is 37.8 Å². The zero-order valence-corrected chi connectivity index (χ0v) is 12.7. The number of carbonyl (C=O) groups is 1. The van der Waals surface area contributed by atoms with Crippen LogP contribution in [0.3, 0.4) is 0 Å². The van der Waals surface area contributed by atoms with Gasteiger partial charge in [-0.25, -0.2) is 13.1 Å². The van der Waals surface area contributed by atoms with Crippen LogP contribution in [0.25, 0.3) is 0 Å². The SMILES string of the molecule is CCC(NS(=O)(=O)CCCC(=O)O)c1cccc(Cl)c1. The molecule has 0 saturated carbocycles. The lowest BCUT2D eigenvalue weighted by molar-refractivity contribution is -0.137. The molecule has 1 atom stereocenters. The minimum Gasteiger partial charge on any atom is -0.481 e. The van der Waals surface area contributed by atoms with Crippen LogP contribution in [0.15, 0.2) is 24.3 Å². The molecular weight excluding hydrogens is 302 g/mol. The van der Waals surface area contributed by atoms with E-state index >= 15 is 0 Å². The lowest BCUT2D eigenvalue weighted by Crippen LogP contribution is -2.30. The predicted octanol–water partition coefficient (Wildman–Crippen LogP) is 2.58. The second-order valence-electron chi connectivity index (χ2n) is 4.45. The summed E-state index contributed by atoms with van der Waals surface area (Å²) in [7, 11) is -3.51. The van der Waals surface area contributed by atoms with Gasteiger partial charge in [-0.1, -0.05) is 30.7 Å². The van der Waals surface area contributed by atoms with Crippen LogP contribution >= 0.6 is 11.6 Å². The third-order valence-electron chi connectivity index (χ3n) is 2.78. The molecular formula is C13H18ClNO4S. The quantitative estimate of drug-likeness (QED) is 0.771. The van der Waals surface area contributed by atoms with Crippen molar-refractivity contribution < 1.29 is 18.3 Å². The van der Waals surface area contributed by atoms with Gasteiger partial charge >= 0.3 is 5.97 Å². The Kier molecular flexibility index (Phi) is 6.45. The van der Waals surface area contributed by atoms with Gasteiger partial charge in [0.2, 0.25) is 10.0 Å². The van der Waals surface area contributed by atoms with Gasteiger partial charge in [0.15, 0.2) is 0 Å². The zero-order chi connectivity index (χ0) is 15.2. The normalized spacial score (nSPS) is 13.1. The summed E-state index contributed by atoms with van der Waals surface area (Å²) in [5, 5.41) is 9.06. The number of carboxylic acids is 1. The van der Waals surface area contributed by atoms with Crippen LogP contribution in [0.5, 0.6) is 0 Å². The molecule has 0 spiro atoms. The minimum absolute atomic E-state index is 0.0939. The first-order chi connectivity index (χ1) is 9.34. The summed E-state index contributed by atoms with van der Waals surface area (Å²) in [5.74, 6) is -1.20. The number of sulfonamides is 1. The summed E-state index contributed by atoms with van der Waals surface area (Å²) >= 11 is 5.89. The highest BCUT2D eigenvalue weighted by molar-refractivity contribution is 7.89. The number of benzene rings is 1. The fourth-order valence-electron chi connectivity index (χ4n) is 1.80. The van der Waals surface area contributed by atoms with E-state index in [9.17, 15) is 13.2 Å². The molecule has 0 aliphatic heterocycles. The maximum absolute atomic E-state index is 11.9. The summed E-state index contributed by atoms with van der Waals surface area (Å²) in [4.78, 5) is 10.4. The number of hydrogen-bond acceptors (Lipinski definition) is 3. The van der Waals surface area contributed by atoms with Crippen molar-refractivity contribution in [2.24, 2.45) is 0 Å². The summed E-state index contributed by atoms with van der Waals surface area (Å²) in [6, 6.07) is 6.65. The fourth-order valence-corrected chi connectivity index (χ4v) is 3.38. The molecule has 0 aromatic heterocycles. The Balaban J connectivity index is 2.70. The van der Waals surface area contributed by atoms with Crippen LogP contribution in [0.4, 0.5) is 0 Å². The van der Waals surface area contributed by atoms with Crippen LogP contribution in [0, 0.1) is 0 Å². The summed E-state index contributed by atoms with van der Waals surface area (Å²) in [5.41, 5.74) is 0.793. The number of nitrogens with one attached hydrogen (secondary N) is 1. The molecule has 2 N–H and O–H groups in total. The van der Waals surface area contributed by atoms with Crippen molar-refractivity contribution >= 4 is 27.6 Å². The van der Waals surface area contributed by atoms with Gasteiger partial charge in [0.25, 0.3) is 0 Å². The van der Waals surface area contributed by atoms with E-state index < -0.39 is 16.0 Å². The predicted molar refractivity (Wildman–Crippen MR) is 78.3 cm³/mol. The number of aliphatic carboxylic acids is 1. The van der Waals surface area contributed by atoms with E-state index in [4.69, 9.17) is 16.7 Å². The van der Waals surface area contributed by atoms with Gasteiger partial charge < -0.3 is 5.11 Å². The molecule has 0 saturated heterocycles. The van der Waals surface area contributed by atoms with Crippen LogP contribution < -0.4 is 4.72 Å². The molecule has 1 aromatic rings. The maximum atomic E-state index is 11.9. The molecule has 1 unspecified atom stereocenters. The van der Waals surface area contributed by atoms with E-state index in [1.807, 2.05) is 6.92 Å². The second kappa shape index (κ2) is 7.61. The van der Waals surface area contributed by atoms with Crippen LogP contribution in [-0.4, -0.2) is 25.2 Å². The van der Waals surface area contributed by atoms with E-state index in [-0.39, 0.29) is 24.6 Å². The van der Waals surface area contributed by atoms with Gasteiger partial charge in [-0.05, 0) is 30.5 Å². The standard InChI is InChI=1S/C13H18ClNO4S/c1-2-12(10-5-3-6-11(14)9-10)15-20(18,19)8-4-7-13(16)17/h3,5-6,9,12,15H,2,4,7-8H2,1H3,(H,16,17). The Bertz CT molecular complexity index is 559. The van der Waals surface area contributed by atoms with Gasteiger partial charge in [-0.3, -0.25) is 4.79 Å². The largest absolute Gasteiger partial charge is 0.481 e. The highest BCUT2D eigenvalue weighted by Crippen LogP contribution is 2.21. The number of halogens is 1. The Morgan fingerprint density at radius 2 is 2.15 bits per heavy atom. The first kappa shape index (κ1) is 16.9. The van der Waals surface area contributed by atoms with Crippen molar-refractivity contribution in [3.05, 3.63) is 34.9 Å². The third-order valence-corrected chi connectivity index (χ3v) is 4.49. The van der Waals surface area contributed by atoms with Crippen molar-refractivity contribution in [1.82, 2.24) is 4.72 Å². The van der Waals surface area contributed by atoms with Crippen molar-refractivity contribution in [1.29, 1.82) is 0 Å². The van der Waals surface area contributed by atoms with Gasteiger partial charge in [-0.15, -0.1) is 0 Å². The molecule has 0 heterocycles. The minimum atomic E-state index is -3.51. The Morgan fingerprint density at radius 3 is 2.70 bits per heavy atom. The lowest BCUT2D eigenvalue weighted by Gasteiger charge is -2.17. The van der Waals surface area contributed by atoms with Gasteiger partial charge in [-0.2, -0.15) is 0 Å². The summed E-state index contributed by atoms with van der Waals surface area (Å²) in [6.07, 6.45) is 0.518. The smallest absolute Gasteiger partial charge is 0.303 e. The highest BCUT2D eigenvalue weighted by atomic mass is 35.5. The first-order valence-corrected chi connectivity index (χ1v) is 8.34. The average molecular weight is 320 g/mol. The third kappa shape index (κ3) is 5.90. The topological polar surface area (TPSA) is 83.5 Å². The molecule has 1 rings (SSSR count). The fraction of sp³-hybridized carbons (Fsp3) is 0.462. The average Bonchev–Trinajstić information content (AvgIpc) is 2.35. The van der Waals surface area contributed by atoms with E-state index in [0.29, 0.717) is 11.4 Å². The Hall–Kier alpha value is -1.11. The van der Waals surface area contributed by atoms with Crippen molar-refractivity contribution in [3.63, 3.8) is 0 Å². The monoisotopic (exact) mass is 319 g/mol. The van der Waals surface area contributed by atoms with Crippen molar-refractivity contribution in [3.8, 4) is 0 Å². The van der Waals surface area contributed by atoms with Crippen LogP contribution in [-0.2, 0) is 14.8 Å². The van der Waals surface area contributed by atoms with Gasteiger partial charge in [0.05, 0.1) is 5.75 Å². The molecule has 0 radical (unpaired) electrons. The molecule has 0 fully saturated rings. The molecule has 5 nitrogen and oxygen atoms in total. The summed E-state index contributed by atoms with van der Waals surface area (Å²) in [6.45, 7) is 1.87. The number of rotatable bonds is 8.